The van der Waals surface area contributed by atoms with Crippen LogP contribution in [-0.4, -0.2) is 35.1 Å². The zero-order valence-corrected chi connectivity index (χ0v) is 17.0. The number of amides is 2. The van der Waals surface area contributed by atoms with Crippen molar-refractivity contribution in [1.82, 2.24) is 4.90 Å². The first kappa shape index (κ1) is 19.7. The summed E-state index contributed by atoms with van der Waals surface area (Å²) in [4.78, 5) is 27.1. The van der Waals surface area contributed by atoms with Gasteiger partial charge in [0.2, 0.25) is 0 Å². The van der Waals surface area contributed by atoms with Gasteiger partial charge >= 0.3 is 6.09 Å². The number of carbonyl (C=O) groups is 2. The summed E-state index contributed by atoms with van der Waals surface area (Å²) >= 11 is 0. The molecule has 2 amide bonds. The van der Waals surface area contributed by atoms with Crippen LogP contribution in [0.2, 0.25) is 0 Å². The van der Waals surface area contributed by atoms with Crippen molar-refractivity contribution in [3.8, 4) is 0 Å². The first-order valence-corrected chi connectivity index (χ1v) is 10.2. The van der Waals surface area contributed by atoms with Crippen LogP contribution < -0.4 is 5.32 Å². The van der Waals surface area contributed by atoms with E-state index in [4.69, 9.17) is 4.74 Å². The number of fused-ring (bicyclic) bond motifs is 1. The maximum atomic E-state index is 13.1. The van der Waals surface area contributed by atoms with Gasteiger partial charge in [0.25, 0.3) is 5.91 Å². The molecule has 1 saturated carbocycles. The fourth-order valence-corrected chi connectivity index (χ4v) is 4.45. The number of hydrogen-bond donors (Lipinski definition) is 1. The lowest BCUT2D eigenvalue weighted by atomic mass is 9.72. The summed E-state index contributed by atoms with van der Waals surface area (Å²) in [5.41, 5.74) is 0.772. The highest BCUT2D eigenvalue weighted by Gasteiger charge is 2.39. The van der Waals surface area contributed by atoms with E-state index in [1.807, 2.05) is 20.8 Å². The molecule has 2 fully saturated rings. The summed E-state index contributed by atoms with van der Waals surface area (Å²) in [6.45, 7) is 8.66. The lowest BCUT2D eigenvalue weighted by molar-refractivity contribution is 0.0217. The largest absolute Gasteiger partial charge is 0.444 e. The van der Waals surface area contributed by atoms with E-state index >= 15 is 0 Å². The van der Waals surface area contributed by atoms with Crippen LogP contribution in [0.4, 0.5) is 10.5 Å². The average Bonchev–Trinajstić information content (AvgIpc) is 2.61. The minimum absolute atomic E-state index is 0.114. The molecule has 2 aliphatic rings. The Kier molecular flexibility index (Phi) is 5.78. The minimum Gasteiger partial charge on any atom is -0.444 e. The number of piperidine rings is 1. The molecule has 1 N–H and O–H groups in total. The molecule has 148 valence electrons. The molecule has 1 aromatic rings. The highest BCUT2D eigenvalue weighted by atomic mass is 16.6. The van der Waals surface area contributed by atoms with E-state index in [9.17, 15) is 9.59 Å². The standard InChI is InChI=1S/C22H32N2O3/c1-15-13-14-24(19-8-6-5-7-18(15)19)20(25)16-9-11-17(12-10-16)23-21(26)27-22(2,3)4/h9-12,15,18-19H,5-8,13-14H2,1-4H3,(H,23,26)/t15-,18-,19-/m1/s1. The Labute approximate surface area is 162 Å². The van der Waals surface area contributed by atoms with Crippen molar-refractivity contribution in [3.05, 3.63) is 29.8 Å². The molecule has 1 aliphatic heterocycles. The molecule has 1 aliphatic carbocycles. The fraction of sp³-hybridized carbons (Fsp3) is 0.636. The van der Waals surface area contributed by atoms with E-state index < -0.39 is 11.7 Å². The van der Waals surface area contributed by atoms with Gasteiger partial charge in [0, 0.05) is 23.8 Å². The molecular formula is C22H32N2O3. The molecule has 1 heterocycles. The molecule has 1 aromatic carbocycles. The number of nitrogens with zero attached hydrogens (tertiary/aromatic N) is 1. The van der Waals surface area contributed by atoms with Gasteiger partial charge in [-0.2, -0.15) is 0 Å². The van der Waals surface area contributed by atoms with Crippen LogP contribution in [0.25, 0.3) is 0 Å². The summed E-state index contributed by atoms with van der Waals surface area (Å²) in [5, 5.41) is 2.71. The Hall–Kier alpha value is -2.04. The van der Waals surface area contributed by atoms with Crippen molar-refractivity contribution in [2.24, 2.45) is 11.8 Å². The molecule has 0 spiro atoms. The number of nitrogens with one attached hydrogen (secondary N) is 1. The summed E-state index contributed by atoms with van der Waals surface area (Å²) in [6, 6.07) is 7.51. The van der Waals surface area contributed by atoms with Crippen LogP contribution in [0.15, 0.2) is 24.3 Å². The molecule has 3 rings (SSSR count). The third-order valence-electron chi connectivity index (χ3n) is 5.78. The summed E-state index contributed by atoms with van der Waals surface area (Å²) in [6.07, 6.45) is 5.48. The SMILES string of the molecule is C[C@@H]1CCN(C(=O)c2ccc(NC(=O)OC(C)(C)C)cc2)[C@@H]2CCCC[C@H]12. The topological polar surface area (TPSA) is 58.6 Å². The van der Waals surface area contributed by atoms with Crippen LogP contribution in [0, 0.1) is 11.8 Å². The lowest BCUT2D eigenvalue weighted by Gasteiger charge is -2.47. The van der Waals surface area contributed by atoms with Crippen LogP contribution in [0.5, 0.6) is 0 Å². The monoisotopic (exact) mass is 372 g/mol. The number of hydrogen-bond acceptors (Lipinski definition) is 3. The number of rotatable bonds is 2. The van der Waals surface area contributed by atoms with Crippen LogP contribution >= 0.6 is 0 Å². The van der Waals surface area contributed by atoms with Crippen molar-refractivity contribution < 1.29 is 14.3 Å². The zero-order valence-electron chi connectivity index (χ0n) is 17.0. The van der Waals surface area contributed by atoms with Gasteiger partial charge in [0.1, 0.15) is 5.60 Å². The Bertz CT molecular complexity index is 678. The molecule has 3 atom stereocenters. The maximum absolute atomic E-state index is 13.1. The van der Waals surface area contributed by atoms with Gasteiger partial charge in [-0.25, -0.2) is 4.79 Å². The normalized spacial score (nSPS) is 25.5. The Balaban J connectivity index is 1.66. The molecular weight excluding hydrogens is 340 g/mol. The van der Waals surface area contributed by atoms with E-state index in [-0.39, 0.29) is 5.91 Å². The number of carbonyl (C=O) groups excluding carboxylic acids is 2. The average molecular weight is 373 g/mol. The maximum Gasteiger partial charge on any atom is 0.412 e. The summed E-state index contributed by atoms with van der Waals surface area (Å²) in [7, 11) is 0. The first-order valence-electron chi connectivity index (χ1n) is 10.2. The van der Waals surface area contributed by atoms with Gasteiger partial charge in [0.05, 0.1) is 0 Å². The van der Waals surface area contributed by atoms with Crippen LogP contribution in [0.3, 0.4) is 0 Å². The van der Waals surface area contributed by atoms with E-state index in [1.54, 1.807) is 24.3 Å². The second-order valence-corrected chi connectivity index (χ2v) is 8.98. The molecule has 0 aromatic heterocycles. The van der Waals surface area contributed by atoms with Crippen molar-refractivity contribution >= 4 is 17.7 Å². The first-order chi connectivity index (χ1) is 12.7. The second kappa shape index (κ2) is 7.91. The van der Waals surface area contributed by atoms with Crippen molar-refractivity contribution in [2.75, 3.05) is 11.9 Å². The van der Waals surface area contributed by atoms with E-state index in [0.717, 1.165) is 19.4 Å². The Morgan fingerprint density at radius 3 is 2.41 bits per heavy atom. The molecule has 5 nitrogen and oxygen atoms in total. The van der Waals surface area contributed by atoms with Crippen molar-refractivity contribution in [3.63, 3.8) is 0 Å². The third kappa shape index (κ3) is 4.82. The Morgan fingerprint density at radius 2 is 1.74 bits per heavy atom. The molecule has 0 unspecified atom stereocenters. The third-order valence-corrected chi connectivity index (χ3v) is 5.78. The van der Waals surface area contributed by atoms with Crippen LogP contribution in [0.1, 0.15) is 70.2 Å². The van der Waals surface area contributed by atoms with E-state index in [1.165, 1.54) is 19.3 Å². The Morgan fingerprint density at radius 1 is 1.07 bits per heavy atom. The van der Waals surface area contributed by atoms with Crippen molar-refractivity contribution in [1.29, 1.82) is 0 Å². The van der Waals surface area contributed by atoms with Crippen LogP contribution in [-0.2, 0) is 4.74 Å². The number of likely N-dealkylation sites (tertiary alicyclic amines) is 1. The second-order valence-electron chi connectivity index (χ2n) is 8.98. The smallest absolute Gasteiger partial charge is 0.412 e. The summed E-state index contributed by atoms with van der Waals surface area (Å²) < 4.78 is 5.26. The highest BCUT2D eigenvalue weighted by molar-refractivity contribution is 5.95. The molecule has 5 heteroatoms. The number of ether oxygens (including phenoxy) is 1. The molecule has 27 heavy (non-hydrogen) atoms. The highest BCUT2D eigenvalue weighted by Crippen LogP contribution is 2.39. The molecule has 1 saturated heterocycles. The fourth-order valence-electron chi connectivity index (χ4n) is 4.45. The zero-order chi connectivity index (χ0) is 19.6. The lowest BCUT2D eigenvalue weighted by Crippen LogP contribution is -2.52. The number of benzene rings is 1. The van der Waals surface area contributed by atoms with Gasteiger partial charge < -0.3 is 9.64 Å². The summed E-state index contributed by atoms with van der Waals surface area (Å²) in [5.74, 6) is 1.46. The van der Waals surface area contributed by atoms with Gasteiger partial charge in [0.15, 0.2) is 0 Å². The van der Waals surface area contributed by atoms with E-state index in [2.05, 4.69) is 17.1 Å². The van der Waals surface area contributed by atoms with Gasteiger partial charge in [-0.05, 0) is 76.1 Å². The predicted octanol–water partition coefficient (Wildman–Crippen LogP) is 5.07. The molecule has 0 bridgehead atoms. The number of anilines is 1. The van der Waals surface area contributed by atoms with E-state index in [0.29, 0.717) is 29.1 Å². The van der Waals surface area contributed by atoms with Gasteiger partial charge in [-0.15, -0.1) is 0 Å². The van der Waals surface area contributed by atoms with Gasteiger partial charge in [-0.1, -0.05) is 19.8 Å². The molecule has 0 radical (unpaired) electrons. The minimum atomic E-state index is -0.540. The van der Waals surface area contributed by atoms with Gasteiger partial charge in [-0.3, -0.25) is 10.1 Å². The quantitative estimate of drug-likeness (QED) is 0.788. The van der Waals surface area contributed by atoms with Crippen molar-refractivity contribution in [2.45, 2.75) is 71.4 Å². The predicted molar refractivity (Wildman–Crippen MR) is 107 cm³/mol.